The van der Waals surface area contributed by atoms with Crippen molar-refractivity contribution in [3.8, 4) is 0 Å². The van der Waals surface area contributed by atoms with Crippen LogP contribution in [0.1, 0.15) is 38.2 Å². The lowest BCUT2D eigenvalue weighted by Gasteiger charge is -2.38. The molecule has 0 aliphatic carbocycles. The number of anilines is 1. The fourth-order valence-electron chi connectivity index (χ4n) is 1.00. The van der Waals surface area contributed by atoms with E-state index in [4.69, 9.17) is 5.73 Å². The van der Waals surface area contributed by atoms with Gasteiger partial charge in [-0.05, 0) is 39.8 Å². The van der Waals surface area contributed by atoms with Crippen LogP contribution in [0, 0.1) is 0 Å². The fourth-order valence-corrected chi connectivity index (χ4v) is 1.00. The molecule has 0 unspecified atom stereocenters. The quantitative estimate of drug-likeness (QED) is 0.710. The van der Waals surface area contributed by atoms with Gasteiger partial charge in [0.25, 0.3) is 5.91 Å². The molecule has 1 aromatic rings. The maximum Gasteiger partial charge on any atom is 0.269 e. The second-order valence-electron chi connectivity index (χ2n) is 4.98. The first-order valence-electron chi connectivity index (χ1n) is 5.27. The van der Waals surface area contributed by atoms with Gasteiger partial charge in [-0.15, -0.1) is 10.2 Å². The topological polar surface area (TPSA) is 101 Å². The minimum absolute atomic E-state index is 0.108. The summed E-state index contributed by atoms with van der Waals surface area (Å²) in [6.07, 6.45) is 0. The van der Waals surface area contributed by atoms with Crippen molar-refractivity contribution in [3.63, 3.8) is 0 Å². The fraction of sp³-hybridized carbons (Fsp3) is 0.545. The number of aromatic nitrogens is 2. The highest BCUT2D eigenvalue weighted by Gasteiger charge is 2.35. The Balaban J connectivity index is 2.86. The standard InChI is InChI=1S/C11H18N4O2/c1-10(2,11(3,4)17)13-8-6-5-7(9(12)16)14-15-8/h5-6,17H,1-4H3,(H2,12,16)(H,13,15). The van der Waals surface area contributed by atoms with Gasteiger partial charge in [-0.25, -0.2) is 0 Å². The zero-order chi connectivity index (χ0) is 13.3. The molecule has 0 spiro atoms. The van der Waals surface area contributed by atoms with Crippen LogP contribution in [0.3, 0.4) is 0 Å². The van der Waals surface area contributed by atoms with Crippen molar-refractivity contribution >= 4 is 11.7 Å². The molecule has 0 aliphatic heterocycles. The molecule has 0 fully saturated rings. The van der Waals surface area contributed by atoms with Gasteiger partial charge in [0.05, 0.1) is 11.1 Å². The van der Waals surface area contributed by atoms with Crippen molar-refractivity contribution < 1.29 is 9.90 Å². The largest absolute Gasteiger partial charge is 0.388 e. The van der Waals surface area contributed by atoms with Crippen LogP contribution in [0.25, 0.3) is 0 Å². The average molecular weight is 238 g/mol. The number of nitrogens with zero attached hydrogens (tertiary/aromatic N) is 2. The molecule has 1 aromatic heterocycles. The molecule has 6 nitrogen and oxygen atoms in total. The number of hydrogen-bond donors (Lipinski definition) is 3. The zero-order valence-corrected chi connectivity index (χ0v) is 10.5. The summed E-state index contributed by atoms with van der Waals surface area (Å²) in [5.74, 6) is -0.145. The molecule has 0 radical (unpaired) electrons. The van der Waals surface area contributed by atoms with Crippen LogP contribution in [0.15, 0.2) is 12.1 Å². The number of carbonyl (C=O) groups is 1. The van der Waals surface area contributed by atoms with Crippen LogP contribution in [0.4, 0.5) is 5.82 Å². The molecule has 94 valence electrons. The minimum Gasteiger partial charge on any atom is -0.388 e. The van der Waals surface area contributed by atoms with E-state index >= 15 is 0 Å². The first-order chi connectivity index (χ1) is 7.63. The van der Waals surface area contributed by atoms with Crippen molar-refractivity contribution in [3.05, 3.63) is 17.8 Å². The molecule has 4 N–H and O–H groups in total. The van der Waals surface area contributed by atoms with E-state index in [2.05, 4.69) is 15.5 Å². The molecule has 17 heavy (non-hydrogen) atoms. The smallest absolute Gasteiger partial charge is 0.269 e. The van der Waals surface area contributed by atoms with Crippen LogP contribution in [-0.2, 0) is 0 Å². The van der Waals surface area contributed by atoms with E-state index < -0.39 is 17.0 Å². The van der Waals surface area contributed by atoms with Crippen molar-refractivity contribution in [2.45, 2.75) is 38.8 Å². The maximum absolute atomic E-state index is 10.8. The second kappa shape index (κ2) is 4.29. The third-order valence-corrected chi connectivity index (χ3v) is 2.89. The number of hydrogen-bond acceptors (Lipinski definition) is 5. The van der Waals surface area contributed by atoms with Gasteiger partial charge in [0.1, 0.15) is 5.82 Å². The molecule has 1 heterocycles. The van der Waals surface area contributed by atoms with E-state index in [-0.39, 0.29) is 5.69 Å². The lowest BCUT2D eigenvalue weighted by atomic mass is 9.86. The highest BCUT2D eigenvalue weighted by atomic mass is 16.3. The zero-order valence-electron chi connectivity index (χ0n) is 10.5. The number of aliphatic hydroxyl groups is 1. The van der Waals surface area contributed by atoms with Gasteiger partial charge in [-0.3, -0.25) is 4.79 Å². The van der Waals surface area contributed by atoms with Crippen molar-refractivity contribution in [2.24, 2.45) is 5.73 Å². The molecule has 0 aromatic carbocycles. The molecule has 1 rings (SSSR count). The summed E-state index contributed by atoms with van der Waals surface area (Å²) >= 11 is 0. The van der Waals surface area contributed by atoms with E-state index in [1.54, 1.807) is 19.9 Å². The van der Waals surface area contributed by atoms with Gasteiger partial charge in [0.15, 0.2) is 5.69 Å². The van der Waals surface area contributed by atoms with Gasteiger partial charge in [0, 0.05) is 0 Å². The molecule has 0 aliphatic rings. The average Bonchev–Trinajstić information content (AvgIpc) is 2.16. The number of rotatable bonds is 4. The predicted molar refractivity (Wildman–Crippen MR) is 64.5 cm³/mol. The number of nitrogens with two attached hydrogens (primary N) is 1. The maximum atomic E-state index is 10.8. The summed E-state index contributed by atoms with van der Waals surface area (Å²) in [5, 5.41) is 20.5. The first-order valence-corrected chi connectivity index (χ1v) is 5.27. The van der Waals surface area contributed by atoms with Crippen LogP contribution in [0.5, 0.6) is 0 Å². The lowest BCUT2D eigenvalue weighted by Crippen LogP contribution is -2.51. The Kier molecular flexibility index (Phi) is 3.38. The van der Waals surface area contributed by atoms with Crippen molar-refractivity contribution in [1.29, 1.82) is 0 Å². The van der Waals surface area contributed by atoms with Gasteiger partial charge >= 0.3 is 0 Å². The minimum atomic E-state index is -0.933. The molecule has 0 bridgehead atoms. The van der Waals surface area contributed by atoms with E-state index in [0.29, 0.717) is 5.82 Å². The van der Waals surface area contributed by atoms with Gasteiger partial charge in [-0.1, -0.05) is 0 Å². The molecule has 1 amide bonds. The van der Waals surface area contributed by atoms with Gasteiger partial charge < -0.3 is 16.2 Å². The van der Waals surface area contributed by atoms with E-state index in [0.717, 1.165) is 0 Å². The van der Waals surface area contributed by atoms with Crippen molar-refractivity contribution in [1.82, 2.24) is 10.2 Å². The van der Waals surface area contributed by atoms with Gasteiger partial charge in [0.2, 0.25) is 0 Å². The van der Waals surface area contributed by atoms with Gasteiger partial charge in [-0.2, -0.15) is 0 Å². The third-order valence-electron chi connectivity index (χ3n) is 2.89. The number of nitrogens with one attached hydrogen (secondary N) is 1. The number of amides is 1. The summed E-state index contributed by atoms with van der Waals surface area (Å²) in [6, 6.07) is 3.08. The molecule has 0 atom stereocenters. The van der Waals surface area contributed by atoms with E-state index in [1.807, 2.05) is 13.8 Å². The Labute approximate surface area is 100 Å². The molecular weight excluding hydrogens is 220 g/mol. The van der Waals surface area contributed by atoms with Crippen LogP contribution >= 0.6 is 0 Å². The van der Waals surface area contributed by atoms with E-state index in [1.165, 1.54) is 6.07 Å². The van der Waals surface area contributed by atoms with Crippen LogP contribution in [-0.4, -0.2) is 32.4 Å². The number of carbonyl (C=O) groups excluding carboxylic acids is 1. The number of primary amides is 1. The lowest BCUT2D eigenvalue weighted by molar-refractivity contribution is 0.0238. The summed E-state index contributed by atoms with van der Waals surface area (Å²) in [7, 11) is 0. The van der Waals surface area contributed by atoms with Crippen molar-refractivity contribution in [2.75, 3.05) is 5.32 Å². The summed E-state index contributed by atoms with van der Waals surface area (Å²) < 4.78 is 0. The predicted octanol–water partition coefficient (Wildman–Crippen LogP) is 0.537. The SMILES string of the molecule is CC(C)(O)C(C)(C)Nc1ccc(C(N)=O)nn1. The third kappa shape index (κ3) is 3.13. The highest BCUT2D eigenvalue weighted by molar-refractivity contribution is 5.90. The normalized spacial score (nSPS) is 12.3. The Morgan fingerprint density at radius 2 is 1.88 bits per heavy atom. The van der Waals surface area contributed by atoms with Crippen LogP contribution in [0.2, 0.25) is 0 Å². The Bertz CT molecular complexity index is 406. The molecular formula is C11H18N4O2. The summed E-state index contributed by atoms with van der Waals surface area (Å²) in [6.45, 7) is 7.09. The summed E-state index contributed by atoms with van der Waals surface area (Å²) in [5.41, 5.74) is 3.65. The molecule has 6 heteroatoms. The molecule has 0 saturated heterocycles. The highest BCUT2D eigenvalue weighted by Crippen LogP contribution is 2.24. The first kappa shape index (κ1) is 13.4. The van der Waals surface area contributed by atoms with E-state index in [9.17, 15) is 9.90 Å². The Hall–Kier alpha value is -1.69. The Morgan fingerprint density at radius 3 is 2.24 bits per heavy atom. The Morgan fingerprint density at radius 1 is 1.29 bits per heavy atom. The van der Waals surface area contributed by atoms with Crippen LogP contribution < -0.4 is 11.1 Å². The molecule has 0 saturated carbocycles. The monoisotopic (exact) mass is 238 g/mol. The second-order valence-corrected chi connectivity index (χ2v) is 4.98. The summed E-state index contributed by atoms with van der Waals surface area (Å²) in [4.78, 5) is 10.8.